The second-order valence-corrected chi connectivity index (χ2v) is 6.66. The Balaban J connectivity index is 0. The lowest BCUT2D eigenvalue weighted by molar-refractivity contribution is 0.526. The zero-order valence-corrected chi connectivity index (χ0v) is 16.8. The van der Waals surface area contributed by atoms with E-state index in [4.69, 9.17) is 0 Å². The molecule has 0 heterocycles. The Morgan fingerprint density at radius 1 is 0.286 bits per heavy atom. The number of hydrogen-bond donors (Lipinski definition) is 0. The lowest BCUT2D eigenvalue weighted by Crippen LogP contribution is -1.83. The summed E-state index contributed by atoms with van der Waals surface area (Å²) in [5, 5.41) is 0. The molecule has 0 aliphatic heterocycles. The molecule has 0 spiro atoms. The van der Waals surface area contributed by atoms with Crippen molar-refractivity contribution in [3.63, 3.8) is 0 Å². The summed E-state index contributed by atoms with van der Waals surface area (Å²) < 4.78 is 0. The van der Waals surface area contributed by atoms with Gasteiger partial charge in [-0.25, -0.2) is 0 Å². The third-order valence-corrected chi connectivity index (χ3v) is 4.46. The van der Waals surface area contributed by atoms with E-state index in [1.54, 1.807) is 0 Å². The first-order valence-corrected chi connectivity index (χ1v) is 9.91. The molecule has 21 heavy (non-hydrogen) atoms. The Kier molecular flexibility index (Phi) is 25.7. The van der Waals surface area contributed by atoms with Gasteiger partial charge in [0.1, 0.15) is 0 Å². The summed E-state index contributed by atoms with van der Waals surface area (Å²) in [6.07, 6.45) is 26.4. The first-order valence-electron chi connectivity index (χ1n) is 9.91. The first-order chi connectivity index (χ1) is 9.91. The third-order valence-electron chi connectivity index (χ3n) is 4.46. The summed E-state index contributed by atoms with van der Waals surface area (Å²) in [6.45, 7) is 4.59. The van der Waals surface area contributed by atoms with E-state index in [9.17, 15) is 0 Å². The van der Waals surface area contributed by atoms with Gasteiger partial charge in [-0.2, -0.15) is 0 Å². The standard InChI is InChI=1S/C20H42.BrH/c1-3-5-7-9-11-13-15-17-19-20-18-16-14-12-10-8-6-4-2;/h3-20H2,1-2H3;1H. The van der Waals surface area contributed by atoms with Crippen molar-refractivity contribution in [3.8, 4) is 0 Å². The van der Waals surface area contributed by atoms with Crippen LogP contribution in [0.4, 0.5) is 0 Å². The quantitative estimate of drug-likeness (QED) is 0.227. The summed E-state index contributed by atoms with van der Waals surface area (Å²) in [5.41, 5.74) is 0. The van der Waals surface area contributed by atoms with E-state index >= 15 is 0 Å². The normalized spacial score (nSPS) is 10.6. The molecule has 0 nitrogen and oxygen atoms in total. The van der Waals surface area contributed by atoms with E-state index in [1.165, 1.54) is 116 Å². The van der Waals surface area contributed by atoms with Crippen molar-refractivity contribution in [3.05, 3.63) is 0 Å². The van der Waals surface area contributed by atoms with E-state index in [2.05, 4.69) is 13.8 Å². The Morgan fingerprint density at radius 2 is 0.429 bits per heavy atom. The van der Waals surface area contributed by atoms with Crippen molar-refractivity contribution >= 4 is 17.0 Å². The van der Waals surface area contributed by atoms with E-state index < -0.39 is 0 Å². The predicted octanol–water partition coefficient (Wildman–Crippen LogP) is 8.63. The summed E-state index contributed by atoms with van der Waals surface area (Å²) in [4.78, 5) is 0. The summed E-state index contributed by atoms with van der Waals surface area (Å²) in [5.74, 6) is 0. The molecule has 0 aromatic rings. The van der Waals surface area contributed by atoms with E-state index in [0.29, 0.717) is 0 Å². The van der Waals surface area contributed by atoms with Gasteiger partial charge in [-0.05, 0) is 0 Å². The van der Waals surface area contributed by atoms with E-state index in [-0.39, 0.29) is 17.0 Å². The van der Waals surface area contributed by atoms with Crippen molar-refractivity contribution in [2.24, 2.45) is 0 Å². The highest BCUT2D eigenvalue weighted by atomic mass is 79.9. The molecule has 0 atom stereocenters. The number of unbranched alkanes of at least 4 members (excludes halogenated alkanes) is 17. The molecule has 0 aromatic heterocycles. The molecule has 0 unspecified atom stereocenters. The Labute approximate surface area is 146 Å². The maximum Gasteiger partial charge on any atom is -0.0533 e. The lowest BCUT2D eigenvalue weighted by Gasteiger charge is -2.03. The van der Waals surface area contributed by atoms with Gasteiger partial charge in [-0.3, -0.25) is 0 Å². The zero-order chi connectivity index (χ0) is 14.7. The molecule has 0 fully saturated rings. The molecule has 0 radical (unpaired) electrons. The highest BCUT2D eigenvalue weighted by molar-refractivity contribution is 8.93. The second kappa shape index (κ2) is 22.8. The largest absolute Gasteiger partial charge is 0.114 e. The summed E-state index contributed by atoms with van der Waals surface area (Å²) in [6, 6.07) is 0. The van der Waals surface area contributed by atoms with Crippen LogP contribution < -0.4 is 0 Å². The van der Waals surface area contributed by atoms with Crippen LogP contribution in [0.15, 0.2) is 0 Å². The Bertz CT molecular complexity index is 138. The molecular weight excluding hydrogens is 320 g/mol. The van der Waals surface area contributed by atoms with Crippen LogP contribution in [0, 0.1) is 0 Å². The monoisotopic (exact) mass is 362 g/mol. The molecule has 0 saturated carbocycles. The fourth-order valence-corrected chi connectivity index (χ4v) is 2.97. The van der Waals surface area contributed by atoms with Crippen LogP contribution in [0.2, 0.25) is 0 Å². The van der Waals surface area contributed by atoms with Gasteiger partial charge in [0.25, 0.3) is 0 Å². The van der Waals surface area contributed by atoms with Gasteiger partial charge in [-0.15, -0.1) is 17.0 Å². The summed E-state index contributed by atoms with van der Waals surface area (Å²) >= 11 is 0. The zero-order valence-electron chi connectivity index (χ0n) is 15.1. The smallest absolute Gasteiger partial charge is 0.0533 e. The Hall–Kier alpha value is 0.480. The van der Waals surface area contributed by atoms with Crippen LogP contribution in [0.1, 0.15) is 129 Å². The van der Waals surface area contributed by atoms with Gasteiger partial charge < -0.3 is 0 Å². The van der Waals surface area contributed by atoms with E-state index in [0.717, 1.165) is 0 Å². The average molecular weight is 363 g/mol. The van der Waals surface area contributed by atoms with Crippen molar-refractivity contribution in [2.75, 3.05) is 0 Å². The van der Waals surface area contributed by atoms with Gasteiger partial charge >= 0.3 is 0 Å². The van der Waals surface area contributed by atoms with Crippen molar-refractivity contribution in [1.82, 2.24) is 0 Å². The molecule has 0 rings (SSSR count). The van der Waals surface area contributed by atoms with Crippen LogP contribution in [-0.4, -0.2) is 0 Å². The molecule has 0 amide bonds. The van der Waals surface area contributed by atoms with E-state index in [1.807, 2.05) is 0 Å². The molecule has 130 valence electrons. The van der Waals surface area contributed by atoms with Crippen LogP contribution in [0.25, 0.3) is 0 Å². The highest BCUT2D eigenvalue weighted by Gasteiger charge is 1.94. The van der Waals surface area contributed by atoms with Crippen molar-refractivity contribution in [2.45, 2.75) is 129 Å². The molecule has 0 N–H and O–H groups in total. The lowest BCUT2D eigenvalue weighted by atomic mass is 10.0. The molecule has 0 bridgehead atoms. The number of hydrogen-bond acceptors (Lipinski definition) is 0. The maximum absolute atomic E-state index is 2.30. The SMILES string of the molecule is Br.CCCCCCCCCCCCCCCCCCCC. The number of rotatable bonds is 17. The highest BCUT2D eigenvalue weighted by Crippen LogP contribution is 2.14. The second-order valence-electron chi connectivity index (χ2n) is 6.66. The van der Waals surface area contributed by atoms with Gasteiger partial charge in [0.05, 0.1) is 0 Å². The molecular formula is C20H43Br. The average Bonchev–Trinajstić information content (AvgIpc) is 2.47. The minimum Gasteiger partial charge on any atom is -0.114 e. The molecule has 0 aliphatic carbocycles. The fourth-order valence-electron chi connectivity index (χ4n) is 2.97. The van der Waals surface area contributed by atoms with Gasteiger partial charge in [-0.1, -0.05) is 129 Å². The predicted molar refractivity (Wildman–Crippen MR) is 105 cm³/mol. The summed E-state index contributed by atoms with van der Waals surface area (Å²) in [7, 11) is 0. The van der Waals surface area contributed by atoms with Crippen LogP contribution in [0.3, 0.4) is 0 Å². The van der Waals surface area contributed by atoms with Gasteiger partial charge in [0.2, 0.25) is 0 Å². The molecule has 0 aromatic carbocycles. The van der Waals surface area contributed by atoms with Crippen LogP contribution in [0.5, 0.6) is 0 Å². The molecule has 0 saturated heterocycles. The third kappa shape index (κ3) is 22.9. The van der Waals surface area contributed by atoms with Crippen molar-refractivity contribution in [1.29, 1.82) is 0 Å². The minimum absolute atomic E-state index is 0. The topological polar surface area (TPSA) is 0 Å². The molecule has 0 aliphatic rings. The maximum atomic E-state index is 2.30. The Morgan fingerprint density at radius 3 is 0.571 bits per heavy atom. The number of halogens is 1. The minimum atomic E-state index is 0. The van der Waals surface area contributed by atoms with Crippen LogP contribution >= 0.6 is 17.0 Å². The molecule has 1 heteroatoms. The fraction of sp³-hybridized carbons (Fsp3) is 1.00. The van der Waals surface area contributed by atoms with Gasteiger partial charge in [0, 0.05) is 0 Å². The van der Waals surface area contributed by atoms with Crippen LogP contribution in [-0.2, 0) is 0 Å². The van der Waals surface area contributed by atoms with Crippen molar-refractivity contribution < 1.29 is 0 Å². The van der Waals surface area contributed by atoms with Gasteiger partial charge in [0.15, 0.2) is 0 Å². The first kappa shape index (κ1) is 23.7.